The molecule has 82 valence electrons. The Balaban J connectivity index is 0. The van der Waals surface area contributed by atoms with Crippen molar-refractivity contribution in [2.45, 2.75) is 6.92 Å². The smallest absolute Gasteiger partial charge is 0.330 e. The van der Waals surface area contributed by atoms with Gasteiger partial charge in [0.25, 0.3) is 0 Å². The molecule has 0 aromatic rings. The average molecular weight is 203 g/mol. The monoisotopic (exact) mass is 203 g/mol. The topological polar surface area (TPSA) is 78.6 Å². The van der Waals surface area contributed by atoms with Gasteiger partial charge < -0.3 is 15.2 Å². The van der Waals surface area contributed by atoms with Gasteiger partial charge in [-0.1, -0.05) is 6.58 Å². The fourth-order valence-electron chi connectivity index (χ4n) is 0.535. The van der Waals surface area contributed by atoms with Crippen LogP contribution in [0, 0.1) is 5.92 Å². The van der Waals surface area contributed by atoms with E-state index in [1.165, 1.54) is 14.2 Å². The molecule has 5 nitrogen and oxygen atoms in total. The number of rotatable bonds is 4. The largest absolute Gasteiger partial charge is 0.469 e. The molecule has 0 aromatic carbocycles. The molecule has 0 aromatic heterocycles. The molecule has 0 saturated carbocycles. The zero-order chi connectivity index (χ0) is 11.6. The lowest BCUT2D eigenvalue weighted by Gasteiger charge is -2.07. The third-order valence-electron chi connectivity index (χ3n) is 1.25. The second kappa shape index (κ2) is 9.73. The summed E-state index contributed by atoms with van der Waals surface area (Å²) in [6.07, 6.45) is 1.05. The van der Waals surface area contributed by atoms with E-state index in [0.717, 1.165) is 6.08 Å². The summed E-state index contributed by atoms with van der Waals surface area (Å²) < 4.78 is 9.04. The van der Waals surface area contributed by atoms with E-state index in [1.807, 2.05) is 0 Å². The van der Waals surface area contributed by atoms with Crippen LogP contribution in [0.3, 0.4) is 0 Å². The van der Waals surface area contributed by atoms with E-state index in [4.69, 9.17) is 0 Å². The van der Waals surface area contributed by atoms with Crippen molar-refractivity contribution in [1.29, 1.82) is 0 Å². The predicted molar refractivity (Wildman–Crippen MR) is 52.4 cm³/mol. The first kappa shape index (κ1) is 15.1. The molecule has 0 radical (unpaired) electrons. The van der Waals surface area contributed by atoms with Crippen LogP contribution in [0.5, 0.6) is 0 Å². The SMILES string of the molecule is C=CC(=O)OCC(C)C(=O)OC.CN. The molecule has 0 saturated heterocycles. The first-order valence-corrected chi connectivity index (χ1v) is 4.06. The van der Waals surface area contributed by atoms with Gasteiger partial charge in [-0.25, -0.2) is 4.79 Å². The van der Waals surface area contributed by atoms with E-state index in [-0.39, 0.29) is 6.61 Å². The molecule has 0 fully saturated rings. The van der Waals surface area contributed by atoms with Crippen LogP contribution in [0.1, 0.15) is 6.92 Å². The Hall–Kier alpha value is -1.36. The van der Waals surface area contributed by atoms with Gasteiger partial charge in [-0.15, -0.1) is 0 Å². The normalized spacial score (nSPS) is 10.3. The minimum Gasteiger partial charge on any atom is -0.469 e. The van der Waals surface area contributed by atoms with Gasteiger partial charge in [0.15, 0.2) is 0 Å². The minimum atomic E-state index is -0.536. The zero-order valence-corrected chi connectivity index (χ0v) is 8.78. The molecule has 0 aliphatic heterocycles. The lowest BCUT2D eigenvalue weighted by molar-refractivity contribution is -0.150. The lowest BCUT2D eigenvalue weighted by Crippen LogP contribution is -2.19. The van der Waals surface area contributed by atoms with E-state index >= 15 is 0 Å². The molecule has 0 heterocycles. The Labute approximate surface area is 83.9 Å². The number of carbonyl (C=O) groups excluding carboxylic acids is 2. The van der Waals surface area contributed by atoms with E-state index < -0.39 is 17.9 Å². The Morgan fingerprint density at radius 2 is 2.00 bits per heavy atom. The van der Waals surface area contributed by atoms with Crippen LogP contribution in [0.25, 0.3) is 0 Å². The van der Waals surface area contributed by atoms with Gasteiger partial charge in [0.2, 0.25) is 0 Å². The van der Waals surface area contributed by atoms with E-state index in [2.05, 4.69) is 21.8 Å². The summed E-state index contributed by atoms with van der Waals surface area (Å²) >= 11 is 0. The third-order valence-corrected chi connectivity index (χ3v) is 1.25. The van der Waals surface area contributed by atoms with Crippen molar-refractivity contribution in [3.8, 4) is 0 Å². The molecule has 0 bridgehead atoms. The number of esters is 2. The van der Waals surface area contributed by atoms with Crippen molar-refractivity contribution in [1.82, 2.24) is 0 Å². The number of hydrogen-bond donors (Lipinski definition) is 1. The van der Waals surface area contributed by atoms with Gasteiger partial charge >= 0.3 is 11.9 Å². The highest BCUT2D eigenvalue weighted by molar-refractivity contribution is 5.81. The molecular weight excluding hydrogens is 186 g/mol. The van der Waals surface area contributed by atoms with E-state index in [9.17, 15) is 9.59 Å². The first-order chi connectivity index (χ1) is 6.61. The molecule has 0 rings (SSSR count). The van der Waals surface area contributed by atoms with Crippen LogP contribution < -0.4 is 5.73 Å². The Morgan fingerprint density at radius 1 is 1.50 bits per heavy atom. The first-order valence-electron chi connectivity index (χ1n) is 4.06. The maximum atomic E-state index is 10.8. The van der Waals surface area contributed by atoms with Crippen LogP contribution in [-0.4, -0.2) is 32.7 Å². The van der Waals surface area contributed by atoms with Gasteiger partial charge in [-0.2, -0.15) is 0 Å². The van der Waals surface area contributed by atoms with E-state index in [0.29, 0.717) is 0 Å². The molecule has 1 atom stereocenters. The highest BCUT2D eigenvalue weighted by Crippen LogP contribution is 1.98. The molecule has 0 aliphatic carbocycles. The van der Waals surface area contributed by atoms with Gasteiger partial charge in [0.05, 0.1) is 13.0 Å². The summed E-state index contributed by atoms with van der Waals surface area (Å²) in [5, 5.41) is 0. The van der Waals surface area contributed by atoms with Crippen LogP contribution in [0.4, 0.5) is 0 Å². The second-order valence-electron chi connectivity index (χ2n) is 2.26. The van der Waals surface area contributed by atoms with Gasteiger partial charge in [-0.3, -0.25) is 4.79 Å². The Bertz CT molecular complexity index is 191. The molecule has 5 heteroatoms. The molecule has 0 spiro atoms. The van der Waals surface area contributed by atoms with Crippen molar-refractivity contribution in [2.24, 2.45) is 11.7 Å². The van der Waals surface area contributed by atoms with Crippen LogP contribution in [0.15, 0.2) is 12.7 Å². The molecule has 1 unspecified atom stereocenters. The zero-order valence-electron chi connectivity index (χ0n) is 8.78. The molecule has 14 heavy (non-hydrogen) atoms. The summed E-state index contributed by atoms with van der Waals surface area (Å²) in [5.41, 5.74) is 4.50. The van der Waals surface area contributed by atoms with Crippen LogP contribution in [-0.2, 0) is 19.1 Å². The lowest BCUT2D eigenvalue weighted by atomic mass is 10.2. The number of ether oxygens (including phenoxy) is 2. The van der Waals surface area contributed by atoms with Gasteiger partial charge in [-0.05, 0) is 14.0 Å². The summed E-state index contributed by atoms with van der Waals surface area (Å²) in [5.74, 6) is -1.36. The number of nitrogens with two attached hydrogens (primary N) is 1. The fourth-order valence-corrected chi connectivity index (χ4v) is 0.535. The maximum Gasteiger partial charge on any atom is 0.330 e. The minimum absolute atomic E-state index is 0.0253. The third kappa shape index (κ3) is 7.30. The number of methoxy groups -OCH3 is 1. The quantitative estimate of drug-likeness (QED) is 0.518. The van der Waals surface area contributed by atoms with Crippen LogP contribution in [0.2, 0.25) is 0 Å². The average Bonchev–Trinajstić information content (AvgIpc) is 2.26. The fraction of sp³-hybridized carbons (Fsp3) is 0.556. The van der Waals surface area contributed by atoms with Crippen molar-refractivity contribution in [2.75, 3.05) is 20.8 Å². The standard InChI is InChI=1S/C8H12O4.CH5N/c1-4-7(9)12-5-6(2)8(10)11-3;1-2/h4,6H,1,5H2,2-3H3;2H2,1H3. The molecular formula is C9H17NO4. The number of hydrogen-bond acceptors (Lipinski definition) is 5. The summed E-state index contributed by atoms with van der Waals surface area (Å²) in [6, 6.07) is 0. The van der Waals surface area contributed by atoms with Crippen molar-refractivity contribution >= 4 is 11.9 Å². The predicted octanol–water partition coefficient (Wildman–Crippen LogP) is 0.0996. The summed E-state index contributed by atoms with van der Waals surface area (Å²) in [6.45, 7) is 4.85. The molecule has 2 N–H and O–H groups in total. The summed E-state index contributed by atoms with van der Waals surface area (Å²) in [7, 11) is 2.79. The van der Waals surface area contributed by atoms with Crippen LogP contribution >= 0.6 is 0 Å². The van der Waals surface area contributed by atoms with E-state index in [1.54, 1.807) is 6.92 Å². The van der Waals surface area contributed by atoms with Crippen molar-refractivity contribution < 1.29 is 19.1 Å². The van der Waals surface area contributed by atoms with Gasteiger partial charge in [0, 0.05) is 6.08 Å². The Kier molecular flexibility index (Phi) is 10.5. The Morgan fingerprint density at radius 3 is 2.36 bits per heavy atom. The highest BCUT2D eigenvalue weighted by Gasteiger charge is 2.14. The van der Waals surface area contributed by atoms with Crippen molar-refractivity contribution in [3.63, 3.8) is 0 Å². The highest BCUT2D eigenvalue weighted by atomic mass is 16.5. The van der Waals surface area contributed by atoms with Crippen molar-refractivity contribution in [3.05, 3.63) is 12.7 Å². The number of carbonyl (C=O) groups is 2. The second-order valence-corrected chi connectivity index (χ2v) is 2.26. The maximum absolute atomic E-state index is 10.8. The molecule has 0 aliphatic rings. The molecule has 0 amide bonds. The summed E-state index contributed by atoms with van der Waals surface area (Å²) in [4.78, 5) is 21.3. The van der Waals surface area contributed by atoms with Gasteiger partial charge in [0.1, 0.15) is 6.61 Å².